The first-order valence-corrected chi connectivity index (χ1v) is 6.37. The summed E-state index contributed by atoms with van der Waals surface area (Å²) in [4.78, 5) is 12.2. The lowest BCUT2D eigenvalue weighted by atomic mass is 10.1. The summed E-state index contributed by atoms with van der Waals surface area (Å²) in [5.74, 6) is -0.0312. The van der Waals surface area contributed by atoms with Gasteiger partial charge in [-0.05, 0) is 36.8 Å². The van der Waals surface area contributed by atoms with Gasteiger partial charge in [-0.3, -0.25) is 4.79 Å². The Balaban J connectivity index is 1.89. The molecule has 2 aromatic carbocycles. The largest absolute Gasteiger partial charge is 0.356 e. The van der Waals surface area contributed by atoms with Gasteiger partial charge in [0.25, 0.3) is 0 Å². The van der Waals surface area contributed by atoms with E-state index in [-0.39, 0.29) is 5.78 Å². The van der Waals surface area contributed by atoms with Gasteiger partial charge < -0.3 is 4.52 Å². The summed E-state index contributed by atoms with van der Waals surface area (Å²) in [7, 11) is 0. The van der Waals surface area contributed by atoms with E-state index in [1.54, 1.807) is 18.2 Å². The molecule has 0 unspecified atom stereocenters. The summed E-state index contributed by atoms with van der Waals surface area (Å²) >= 11 is 0. The van der Waals surface area contributed by atoms with Gasteiger partial charge >= 0.3 is 0 Å². The highest BCUT2D eigenvalue weighted by Crippen LogP contribution is 2.19. The fraction of sp³-hybridized carbons (Fsp3) is 0.0588. The van der Waals surface area contributed by atoms with Gasteiger partial charge in [0.05, 0.1) is 5.69 Å². The number of benzene rings is 2. The Morgan fingerprint density at radius 3 is 2.75 bits per heavy atom. The van der Waals surface area contributed by atoms with E-state index < -0.39 is 0 Å². The molecule has 0 aliphatic heterocycles. The molecule has 3 nitrogen and oxygen atoms in total. The zero-order valence-corrected chi connectivity index (χ0v) is 11.0. The van der Waals surface area contributed by atoms with Crippen molar-refractivity contribution in [3.63, 3.8) is 0 Å². The monoisotopic (exact) mass is 263 g/mol. The van der Waals surface area contributed by atoms with Crippen LogP contribution in [0.4, 0.5) is 0 Å². The number of hydrogen-bond donors (Lipinski definition) is 0. The molecule has 0 saturated carbocycles. The Bertz CT molecular complexity index is 785. The van der Waals surface area contributed by atoms with E-state index in [1.807, 2.05) is 49.4 Å². The third-order valence-corrected chi connectivity index (χ3v) is 3.16. The second-order valence-electron chi connectivity index (χ2n) is 4.59. The van der Waals surface area contributed by atoms with Crippen LogP contribution < -0.4 is 0 Å². The smallest absolute Gasteiger partial charge is 0.185 e. The maximum absolute atomic E-state index is 12.2. The molecule has 98 valence electrons. The van der Waals surface area contributed by atoms with Crippen LogP contribution in [-0.4, -0.2) is 10.9 Å². The van der Waals surface area contributed by atoms with E-state index in [1.165, 1.54) is 0 Å². The minimum atomic E-state index is -0.0312. The average molecular weight is 263 g/mol. The summed E-state index contributed by atoms with van der Waals surface area (Å²) in [6, 6.07) is 15.1. The number of ketones is 1. The molecule has 20 heavy (non-hydrogen) atoms. The van der Waals surface area contributed by atoms with Crippen LogP contribution in [0.25, 0.3) is 17.0 Å². The first-order valence-electron chi connectivity index (χ1n) is 6.37. The molecule has 1 aromatic heterocycles. The third-order valence-electron chi connectivity index (χ3n) is 3.16. The number of hydrogen-bond acceptors (Lipinski definition) is 3. The van der Waals surface area contributed by atoms with Crippen molar-refractivity contribution < 1.29 is 9.32 Å². The van der Waals surface area contributed by atoms with Crippen LogP contribution in [0, 0.1) is 6.92 Å². The predicted molar refractivity (Wildman–Crippen MR) is 78.6 cm³/mol. The topological polar surface area (TPSA) is 43.1 Å². The van der Waals surface area contributed by atoms with Crippen LogP contribution in [-0.2, 0) is 0 Å². The summed E-state index contributed by atoms with van der Waals surface area (Å²) in [6.45, 7) is 1.86. The van der Waals surface area contributed by atoms with Crippen LogP contribution >= 0.6 is 0 Å². The molecular weight excluding hydrogens is 250 g/mol. The van der Waals surface area contributed by atoms with Gasteiger partial charge in [0.15, 0.2) is 11.4 Å². The highest BCUT2D eigenvalue weighted by molar-refractivity contribution is 6.08. The lowest BCUT2D eigenvalue weighted by molar-refractivity contribution is 0.104. The molecule has 0 N–H and O–H groups in total. The first kappa shape index (κ1) is 12.4. The molecule has 0 saturated heterocycles. The SMILES string of the molecule is Cc1noc2ccc(C(=O)C=Cc3ccccc3)cc12. The molecule has 0 spiro atoms. The molecule has 0 amide bonds. The van der Waals surface area contributed by atoms with E-state index in [0.717, 1.165) is 16.6 Å². The molecule has 3 aromatic rings. The number of carbonyl (C=O) groups is 1. The number of allylic oxidation sites excluding steroid dienone is 1. The summed E-state index contributed by atoms with van der Waals surface area (Å²) in [5.41, 5.74) is 3.13. The van der Waals surface area contributed by atoms with Gasteiger partial charge in [-0.1, -0.05) is 41.6 Å². The van der Waals surface area contributed by atoms with Crippen LogP contribution in [0.3, 0.4) is 0 Å². The van der Waals surface area contributed by atoms with Crippen molar-refractivity contribution in [1.82, 2.24) is 5.16 Å². The zero-order chi connectivity index (χ0) is 13.9. The van der Waals surface area contributed by atoms with Gasteiger partial charge in [-0.25, -0.2) is 0 Å². The van der Waals surface area contributed by atoms with Crippen molar-refractivity contribution in [1.29, 1.82) is 0 Å². The van der Waals surface area contributed by atoms with Crippen LogP contribution in [0.2, 0.25) is 0 Å². The number of carbonyl (C=O) groups excluding carboxylic acids is 1. The first-order chi connectivity index (χ1) is 9.74. The standard InChI is InChI=1S/C17H13NO2/c1-12-15-11-14(8-10-17(15)20-18-12)16(19)9-7-13-5-3-2-4-6-13/h2-11H,1H3. The van der Waals surface area contributed by atoms with E-state index in [4.69, 9.17) is 4.52 Å². The predicted octanol–water partition coefficient (Wildman–Crippen LogP) is 4.03. The molecule has 0 bridgehead atoms. The average Bonchev–Trinajstić information content (AvgIpc) is 2.87. The molecular formula is C17H13NO2. The van der Waals surface area contributed by atoms with Gasteiger partial charge in [0.1, 0.15) is 0 Å². The number of fused-ring (bicyclic) bond motifs is 1. The normalized spacial score (nSPS) is 11.2. The van der Waals surface area contributed by atoms with Gasteiger partial charge in [-0.15, -0.1) is 0 Å². The summed E-state index contributed by atoms with van der Waals surface area (Å²) in [6.07, 6.45) is 3.40. The second-order valence-corrected chi connectivity index (χ2v) is 4.59. The Labute approximate surface area is 116 Å². The molecule has 0 fully saturated rings. The summed E-state index contributed by atoms with van der Waals surface area (Å²) in [5, 5.41) is 4.76. The lowest BCUT2D eigenvalue weighted by Crippen LogP contribution is -1.93. The Kier molecular flexibility index (Phi) is 3.17. The Morgan fingerprint density at radius 2 is 1.95 bits per heavy atom. The van der Waals surface area contributed by atoms with Crippen molar-refractivity contribution in [2.45, 2.75) is 6.92 Å². The van der Waals surface area contributed by atoms with E-state index in [9.17, 15) is 4.79 Å². The molecule has 0 aliphatic rings. The fourth-order valence-corrected chi connectivity index (χ4v) is 2.04. The molecule has 3 rings (SSSR count). The highest BCUT2D eigenvalue weighted by Gasteiger charge is 2.08. The number of rotatable bonds is 3. The molecule has 0 radical (unpaired) electrons. The van der Waals surface area contributed by atoms with Crippen molar-refractivity contribution in [2.24, 2.45) is 0 Å². The minimum Gasteiger partial charge on any atom is -0.356 e. The van der Waals surface area contributed by atoms with Crippen molar-refractivity contribution in [3.05, 3.63) is 71.4 Å². The summed E-state index contributed by atoms with van der Waals surface area (Å²) < 4.78 is 5.13. The maximum Gasteiger partial charge on any atom is 0.185 e. The van der Waals surface area contributed by atoms with Crippen LogP contribution in [0.5, 0.6) is 0 Å². The molecule has 0 aliphatic carbocycles. The van der Waals surface area contributed by atoms with E-state index in [0.29, 0.717) is 11.1 Å². The number of aromatic nitrogens is 1. The lowest BCUT2D eigenvalue weighted by Gasteiger charge is -1.96. The Morgan fingerprint density at radius 1 is 1.15 bits per heavy atom. The zero-order valence-electron chi connectivity index (χ0n) is 11.0. The maximum atomic E-state index is 12.2. The van der Waals surface area contributed by atoms with Crippen LogP contribution in [0.1, 0.15) is 21.6 Å². The van der Waals surface area contributed by atoms with Crippen molar-refractivity contribution >= 4 is 22.8 Å². The molecule has 0 atom stereocenters. The number of aryl methyl sites for hydroxylation is 1. The Hall–Kier alpha value is -2.68. The van der Waals surface area contributed by atoms with Gasteiger partial charge in [-0.2, -0.15) is 0 Å². The molecule has 3 heteroatoms. The van der Waals surface area contributed by atoms with Crippen molar-refractivity contribution in [3.8, 4) is 0 Å². The quantitative estimate of drug-likeness (QED) is 0.529. The molecule has 1 heterocycles. The van der Waals surface area contributed by atoms with E-state index in [2.05, 4.69) is 5.16 Å². The second kappa shape index (κ2) is 5.13. The van der Waals surface area contributed by atoms with Gasteiger partial charge in [0, 0.05) is 10.9 Å². The van der Waals surface area contributed by atoms with E-state index >= 15 is 0 Å². The number of nitrogens with zero attached hydrogens (tertiary/aromatic N) is 1. The van der Waals surface area contributed by atoms with Crippen LogP contribution in [0.15, 0.2) is 59.1 Å². The third kappa shape index (κ3) is 2.38. The highest BCUT2D eigenvalue weighted by atomic mass is 16.5. The van der Waals surface area contributed by atoms with Crippen molar-refractivity contribution in [2.75, 3.05) is 0 Å². The minimum absolute atomic E-state index is 0.0312. The fourth-order valence-electron chi connectivity index (χ4n) is 2.04. The van der Waals surface area contributed by atoms with Gasteiger partial charge in [0.2, 0.25) is 0 Å².